The molecular formula is C14H18ClN3O4S. The molecule has 2 rings (SSSR count). The van der Waals surface area contributed by atoms with Crippen molar-refractivity contribution in [3.8, 4) is 0 Å². The van der Waals surface area contributed by atoms with E-state index in [1.165, 1.54) is 22.5 Å². The zero-order valence-corrected chi connectivity index (χ0v) is 14.2. The Morgan fingerprint density at radius 1 is 1.35 bits per heavy atom. The van der Waals surface area contributed by atoms with Crippen LogP contribution < -0.4 is 10.6 Å². The van der Waals surface area contributed by atoms with Crippen LogP contribution in [-0.4, -0.2) is 45.1 Å². The van der Waals surface area contributed by atoms with Crippen LogP contribution in [0.15, 0.2) is 35.4 Å². The fourth-order valence-electron chi connectivity index (χ4n) is 2.04. The van der Waals surface area contributed by atoms with Crippen molar-refractivity contribution < 1.29 is 17.9 Å². The van der Waals surface area contributed by atoms with Crippen molar-refractivity contribution in [2.24, 2.45) is 0 Å². The molecule has 0 radical (unpaired) electrons. The molecule has 7 nitrogen and oxygen atoms in total. The number of rotatable bonds is 4. The maximum Gasteiger partial charge on any atom is 0.323 e. The zero-order chi connectivity index (χ0) is 17.0. The summed E-state index contributed by atoms with van der Waals surface area (Å²) in [4.78, 5) is 11.8. The Kier molecular flexibility index (Phi) is 5.64. The number of anilines is 1. The number of benzene rings is 1. The molecule has 2 amide bonds. The van der Waals surface area contributed by atoms with Crippen molar-refractivity contribution in [1.82, 2.24) is 9.62 Å². The third-order valence-corrected chi connectivity index (χ3v) is 5.34. The molecule has 1 heterocycles. The van der Waals surface area contributed by atoms with Gasteiger partial charge < -0.3 is 15.4 Å². The number of nitrogens with zero attached hydrogens (tertiary/aromatic N) is 1. The highest BCUT2D eigenvalue weighted by atomic mass is 35.5. The third kappa shape index (κ3) is 4.44. The van der Waals surface area contributed by atoms with Crippen LogP contribution in [0, 0.1) is 0 Å². The second-order valence-corrected chi connectivity index (χ2v) is 7.36. The van der Waals surface area contributed by atoms with Gasteiger partial charge in [-0.2, -0.15) is 4.31 Å². The number of nitrogens with one attached hydrogen (secondary N) is 2. The minimum absolute atomic E-state index is 0.0643. The SMILES string of the molecule is C=C(C)NC(=O)Nc1cc(S(=O)(=O)N2CCOCC2)ccc1Cl. The van der Waals surface area contributed by atoms with Gasteiger partial charge in [-0.05, 0) is 25.1 Å². The maximum absolute atomic E-state index is 12.6. The molecule has 1 aromatic carbocycles. The van der Waals surface area contributed by atoms with E-state index < -0.39 is 16.1 Å². The number of carbonyl (C=O) groups is 1. The summed E-state index contributed by atoms with van der Waals surface area (Å²) in [5.74, 6) is 0. The van der Waals surface area contributed by atoms with E-state index in [9.17, 15) is 13.2 Å². The molecule has 0 spiro atoms. The van der Waals surface area contributed by atoms with Crippen molar-refractivity contribution in [1.29, 1.82) is 0 Å². The van der Waals surface area contributed by atoms with Gasteiger partial charge in [-0.25, -0.2) is 13.2 Å². The van der Waals surface area contributed by atoms with Crippen molar-refractivity contribution in [3.05, 3.63) is 35.5 Å². The Morgan fingerprint density at radius 3 is 2.61 bits per heavy atom. The fraction of sp³-hybridized carbons (Fsp3) is 0.357. The standard InChI is InChI=1S/C14H18ClN3O4S/c1-10(2)16-14(19)17-13-9-11(3-4-12(13)15)23(20,21)18-5-7-22-8-6-18/h3-4,9H,1,5-8H2,2H3,(H2,16,17,19). The van der Waals surface area contributed by atoms with E-state index in [2.05, 4.69) is 17.2 Å². The molecule has 0 bridgehead atoms. The number of halogens is 1. The number of carbonyl (C=O) groups excluding carboxylic acids is 1. The summed E-state index contributed by atoms with van der Waals surface area (Å²) in [6, 6.07) is 3.64. The Hall–Kier alpha value is -1.61. The van der Waals surface area contributed by atoms with Gasteiger partial charge in [-0.15, -0.1) is 0 Å². The van der Waals surface area contributed by atoms with Crippen LogP contribution in [-0.2, 0) is 14.8 Å². The number of hydrogen-bond donors (Lipinski definition) is 2. The first-order valence-corrected chi connectivity index (χ1v) is 8.73. The van der Waals surface area contributed by atoms with Crippen LogP contribution in [0.3, 0.4) is 0 Å². The number of morpholine rings is 1. The number of amides is 2. The van der Waals surface area contributed by atoms with Crippen LogP contribution in [0.4, 0.5) is 10.5 Å². The van der Waals surface area contributed by atoms with E-state index in [4.69, 9.17) is 16.3 Å². The number of ether oxygens (including phenoxy) is 1. The lowest BCUT2D eigenvalue weighted by molar-refractivity contribution is 0.0730. The van der Waals surface area contributed by atoms with Gasteiger partial charge in [0.15, 0.2) is 0 Å². The fourth-order valence-corrected chi connectivity index (χ4v) is 3.64. The molecule has 126 valence electrons. The zero-order valence-electron chi connectivity index (χ0n) is 12.6. The molecular weight excluding hydrogens is 342 g/mol. The average Bonchev–Trinajstić information content (AvgIpc) is 2.49. The Morgan fingerprint density at radius 2 is 2.00 bits per heavy atom. The van der Waals surface area contributed by atoms with Gasteiger partial charge in [0.05, 0.1) is 28.8 Å². The second-order valence-electron chi connectivity index (χ2n) is 5.02. The summed E-state index contributed by atoms with van der Waals surface area (Å²) in [7, 11) is -3.65. The quantitative estimate of drug-likeness (QED) is 0.860. The van der Waals surface area contributed by atoms with Gasteiger partial charge in [0.2, 0.25) is 10.0 Å². The summed E-state index contributed by atoms with van der Waals surface area (Å²) >= 11 is 6.02. The lowest BCUT2D eigenvalue weighted by Crippen LogP contribution is -2.40. The molecule has 0 aliphatic carbocycles. The van der Waals surface area contributed by atoms with Crippen LogP contribution in [0.1, 0.15) is 6.92 Å². The molecule has 0 saturated carbocycles. The highest BCUT2D eigenvalue weighted by Crippen LogP contribution is 2.27. The molecule has 1 fully saturated rings. The topological polar surface area (TPSA) is 87.7 Å². The second kappa shape index (κ2) is 7.31. The van der Waals surface area contributed by atoms with Gasteiger partial charge in [0.1, 0.15) is 0 Å². The Labute approximate surface area is 140 Å². The molecule has 0 atom stereocenters. The smallest absolute Gasteiger partial charge is 0.323 e. The molecule has 2 N–H and O–H groups in total. The first kappa shape index (κ1) is 17.7. The van der Waals surface area contributed by atoms with E-state index >= 15 is 0 Å². The number of allylic oxidation sites excluding steroid dienone is 1. The summed E-state index contributed by atoms with van der Waals surface area (Å²) in [6.45, 7) is 6.49. The number of urea groups is 1. The lowest BCUT2D eigenvalue weighted by Gasteiger charge is -2.26. The van der Waals surface area contributed by atoms with Crippen LogP contribution in [0.2, 0.25) is 5.02 Å². The first-order chi connectivity index (χ1) is 10.8. The minimum atomic E-state index is -3.65. The van der Waals surface area contributed by atoms with E-state index in [1.54, 1.807) is 6.92 Å². The first-order valence-electron chi connectivity index (χ1n) is 6.91. The van der Waals surface area contributed by atoms with Crippen molar-refractivity contribution in [2.45, 2.75) is 11.8 Å². The maximum atomic E-state index is 12.6. The van der Waals surface area contributed by atoms with E-state index in [-0.39, 0.29) is 15.6 Å². The van der Waals surface area contributed by atoms with Crippen LogP contribution >= 0.6 is 11.6 Å². The van der Waals surface area contributed by atoms with Crippen molar-refractivity contribution >= 4 is 33.3 Å². The lowest BCUT2D eigenvalue weighted by atomic mass is 10.3. The molecule has 0 aromatic heterocycles. The van der Waals surface area contributed by atoms with Crippen molar-refractivity contribution in [3.63, 3.8) is 0 Å². The average molecular weight is 360 g/mol. The number of hydrogen-bond acceptors (Lipinski definition) is 4. The summed E-state index contributed by atoms with van der Waals surface area (Å²) < 4.78 is 31.7. The van der Waals surface area contributed by atoms with Crippen molar-refractivity contribution in [2.75, 3.05) is 31.6 Å². The van der Waals surface area contributed by atoms with Gasteiger partial charge in [0.25, 0.3) is 0 Å². The largest absolute Gasteiger partial charge is 0.379 e. The summed E-state index contributed by atoms with van der Waals surface area (Å²) in [5.41, 5.74) is 0.662. The predicted molar refractivity (Wildman–Crippen MR) is 88.0 cm³/mol. The van der Waals surface area contributed by atoms with Gasteiger partial charge in [0, 0.05) is 18.8 Å². The van der Waals surface area contributed by atoms with Gasteiger partial charge in [-0.3, -0.25) is 0 Å². The Bertz CT molecular complexity index is 715. The molecule has 23 heavy (non-hydrogen) atoms. The molecule has 1 aromatic rings. The molecule has 1 aliphatic heterocycles. The van der Waals surface area contributed by atoms with Crippen LogP contribution in [0.5, 0.6) is 0 Å². The predicted octanol–water partition coefficient (Wildman–Crippen LogP) is 2.02. The monoisotopic (exact) mass is 359 g/mol. The van der Waals surface area contributed by atoms with Gasteiger partial charge >= 0.3 is 6.03 Å². The Balaban J connectivity index is 2.25. The molecule has 1 saturated heterocycles. The number of sulfonamides is 1. The van der Waals surface area contributed by atoms with E-state index in [1.807, 2.05) is 0 Å². The summed E-state index contributed by atoms with van der Waals surface area (Å²) in [5, 5.41) is 5.21. The molecule has 0 unspecified atom stereocenters. The van der Waals surface area contributed by atoms with Gasteiger partial charge in [-0.1, -0.05) is 18.2 Å². The normalized spacial score (nSPS) is 15.9. The van der Waals surface area contributed by atoms with E-state index in [0.29, 0.717) is 32.0 Å². The minimum Gasteiger partial charge on any atom is -0.379 e. The third-order valence-electron chi connectivity index (χ3n) is 3.12. The summed E-state index contributed by atoms with van der Waals surface area (Å²) in [6.07, 6.45) is 0. The highest BCUT2D eigenvalue weighted by Gasteiger charge is 2.27. The molecule has 1 aliphatic rings. The highest BCUT2D eigenvalue weighted by molar-refractivity contribution is 7.89. The molecule has 9 heteroatoms. The van der Waals surface area contributed by atoms with E-state index in [0.717, 1.165) is 0 Å². The van der Waals surface area contributed by atoms with Crippen LogP contribution in [0.25, 0.3) is 0 Å².